The Hall–Kier alpha value is -3.55. The average molecular weight is 530 g/mol. The summed E-state index contributed by atoms with van der Waals surface area (Å²) in [5.74, 6) is -0.226. The van der Waals surface area contributed by atoms with E-state index in [0.29, 0.717) is 24.8 Å². The summed E-state index contributed by atoms with van der Waals surface area (Å²) in [6.07, 6.45) is 11.7. The van der Waals surface area contributed by atoms with Crippen molar-refractivity contribution in [1.82, 2.24) is 10.2 Å². The third-order valence-electron chi connectivity index (χ3n) is 7.68. The largest absolute Gasteiger partial charge is 0.351 e. The van der Waals surface area contributed by atoms with E-state index in [1.807, 2.05) is 42.4 Å². The maximum atomic E-state index is 14.2. The second kappa shape index (κ2) is 13.5. The third-order valence-corrected chi connectivity index (χ3v) is 7.68. The molecule has 1 aliphatic heterocycles. The first-order valence-corrected chi connectivity index (χ1v) is 13.8. The minimum Gasteiger partial charge on any atom is -0.351 e. The summed E-state index contributed by atoms with van der Waals surface area (Å²) in [5.41, 5.74) is 9.73. The summed E-state index contributed by atoms with van der Waals surface area (Å²) >= 11 is 0. The number of nitrogens with one attached hydrogen (secondary N) is 2. The molecule has 2 aliphatic rings. The van der Waals surface area contributed by atoms with Gasteiger partial charge in [-0.25, -0.2) is 4.39 Å². The molecule has 0 radical (unpaired) electrons. The Balaban J connectivity index is 1.51. The smallest absolute Gasteiger partial charge is 0.222 e. The molecule has 1 aliphatic carbocycles. The van der Waals surface area contributed by atoms with Gasteiger partial charge in [-0.3, -0.25) is 9.69 Å². The van der Waals surface area contributed by atoms with Crippen LogP contribution in [0.25, 0.3) is 0 Å². The number of hydrogen-bond donors (Lipinski definition) is 3. The van der Waals surface area contributed by atoms with Crippen LogP contribution in [0.2, 0.25) is 0 Å². The van der Waals surface area contributed by atoms with Gasteiger partial charge < -0.3 is 21.4 Å². The summed E-state index contributed by atoms with van der Waals surface area (Å²) in [5, 5.41) is 10.7. The lowest BCUT2D eigenvalue weighted by Gasteiger charge is -2.43. The molecule has 206 valence electrons. The van der Waals surface area contributed by atoms with Gasteiger partial charge in [0.1, 0.15) is 5.83 Å². The number of amides is 1. The number of allylic oxidation sites excluding steroid dienone is 4. The molecule has 6 nitrogen and oxygen atoms in total. The number of nitrogens with zero attached hydrogens (tertiary/aromatic N) is 2. The highest BCUT2D eigenvalue weighted by Gasteiger charge is 2.38. The second-order valence-electron chi connectivity index (χ2n) is 10.6. The van der Waals surface area contributed by atoms with Crippen LogP contribution < -0.4 is 16.0 Å². The zero-order valence-electron chi connectivity index (χ0n) is 22.8. The number of nitrogens with two attached hydrogens (primary N) is 1. The van der Waals surface area contributed by atoms with E-state index < -0.39 is 11.6 Å². The van der Waals surface area contributed by atoms with E-state index in [0.717, 1.165) is 43.7 Å². The number of rotatable bonds is 11. The molecule has 2 aromatic carbocycles. The molecule has 4 rings (SSSR count). The molecule has 0 bridgehead atoms. The summed E-state index contributed by atoms with van der Waals surface area (Å²) in [6.45, 7) is 2.57. The van der Waals surface area contributed by atoms with Crippen LogP contribution in [0.1, 0.15) is 49.7 Å². The van der Waals surface area contributed by atoms with E-state index in [1.165, 1.54) is 11.8 Å². The van der Waals surface area contributed by atoms with Crippen molar-refractivity contribution in [2.24, 2.45) is 5.73 Å². The van der Waals surface area contributed by atoms with E-state index >= 15 is 0 Å². The normalized spacial score (nSPS) is 18.2. The Morgan fingerprint density at radius 1 is 1.21 bits per heavy atom. The van der Waals surface area contributed by atoms with E-state index in [-0.39, 0.29) is 18.2 Å². The van der Waals surface area contributed by atoms with Gasteiger partial charge in [0.2, 0.25) is 5.91 Å². The van der Waals surface area contributed by atoms with E-state index in [1.54, 1.807) is 12.2 Å². The molecule has 7 heteroatoms. The molecule has 0 saturated carbocycles. The number of piperidine rings is 1. The molecule has 0 spiro atoms. The number of carbonyl (C=O) groups excluding carboxylic acids is 1. The van der Waals surface area contributed by atoms with Crippen LogP contribution in [0, 0.1) is 5.41 Å². The Bertz CT molecular complexity index is 1210. The lowest BCUT2D eigenvalue weighted by Crippen LogP contribution is -2.53. The maximum absolute atomic E-state index is 14.2. The van der Waals surface area contributed by atoms with Gasteiger partial charge in [0.25, 0.3) is 0 Å². The van der Waals surface area contributed by atoms with Crippen molar-refractivity contribution in [2.45, 2.75) is 56.7 Å². The van der Waals surface area contributed by atoms with Crippen LogP contribution in [-0.4, -0.2) is 43.2 Å². The fraction of sp³-hybridized carbons (Fsp3) is 0.375. The Labute approximate surface area is 231 Å². The molecular formula is C32H40FN5O. The van der Waals surface area contributed by atoms with Crippen molar-refractivity contribution in [3.63, 3.8) is 0 Å². The predicted octanol–water partition coefficient (Wildman–Crippen LogP) is 5.57. The highest BCUT2D eigenvalue weighted by molar-refractivity contribution is 5.78. The quantitative estimate of drug-likeness (QED) is 0.332. The van der Waals surface area contributed by atoms with Crippen LogP contribution in [0.5, 0.6) is 0 Å². The maximum Gasteiger partial charge on any atom is 0.222 e. The molecule has 0 unspecified atom stereocenters. The molecule has 4 N–H and O–H groups in total. The summed E-state index contributed by atoms with van der Waals surface area (Å²) in [7, 11) is 1.94. The minimum atomic E-state index is -0.526. The first-order chi connectivity index (χ1) is 18.9. The SMILES string of the molecule is CN(/C=C\C=N)c1cccc(C2(NC(=O)C[C@H](N)CC3=C(F)CCC=C3)CCN(Cc3ccccc3)CC2)c1. The molecule has 1 fully saturated rings. The molecular weight excluding hydrogens is 489 g/mol. The molecule has 1 amide bonds. The molecule has 1 heterocycles. The highest BCUT2D eigenvalue weighted by atomic mass is 19.1. The van der Waals surface area contributed by atoms with Crippen LogP contribution in [0.15, 0.2) is 90.4 Å². The third kappa shape index (κ3) is 7.74. The van der Waals surface area contributed by atoms with Crippen molar-refractivity contribution in [2.75, 3.05) is 25.0 Å². The standard InChI is InChI=1S/C32H40FN5O/c1-37(18-8-17-34)29-13-7-12-27(22-29)32(15-19-38(20-16-32)24-25-9-3-2-4-10-25)36-31(39)23-28(35)21-26-11-5-6-14-30(26)33/h2-5,7-13,17-18,22,28,34H,6,14-16,19-21,23-24,35H2,1H3,(H,36,39)/b18-8-,34-17?/t28-/m1/s1. The van der Waals surface area contributed by atoms with Gasteiger partial charge in [0.15, 0.2) is 0 Å². The van der Waals surface area contributed by atoms with Gasteiger partial charge in [-0.15, -0.1) is 0 Å². The van der Waals surface area contributed by atoms with Crippen LogP contribution in [0.4, 0.5) is 10.1 Å². The van der Waals surface area contributed by atoms with Gasteiger partial charge in [0.05, 0.1) is 5.54 Å². The second-order valence-corrected chi connectivity index (χ2v) is 10.6. The zero-order chi connectivity index (χ0) is 27.7. The van der Waals surface area contributed by atoms with Crippen molar-refractivity contribution in [3.05, 3.63) is 102 Å². The monoisotopic (exact) mass is 529 g/mol. The van der Waals surface area contributed by atoms with Gasteiger partial charge in [-0.2, -0.15) is 0 Å². The van der Waals surface area contributed by atoms with E-state index in [2.05, 4.69) is 46.6 Å². The van der Waals surface area contributed by atoms with Crippen molar-refractivity contribution in [1.29, 1.82) is 5.41 Å². The van der Waals surface area contributed by atoms with Gasteiger partial charge in [-0.05, 0) is 60.6 Å². The number of benzene rings is 2. The number of hydrogen-bond acceptors (Lipinski definition) is 5. The fourth-order valence-corrected chi connectivity index (χ4v) is 5.48. The van der Waals surface area contributed by atoms with Gasteiger partial charge >= 0.3 is 0 Å². The van der Waals surface area contributed by atoms with E-state index in [4.69, 9.17) is 11.1 Å². The highest BCUT2D eigenvalue weighted by Crippen LogP contribution is 2.36. The molecule has 1 saturated heterocycles. The molecule has 1 atom stereocenters. The first kappa shape index (κ1) is 28.5. The van der Waals surface area contributed by atoms with Gasteiger partial charge in [-0.1, -0.05) is 54.6 Å². The minimum absolute atomic E-state index is 0.109. The molecule has 39 heavy (non-hydrogen) atoms. The Kier molecular flexibility index (Phi) is 9.85. The van der Waals surface area contributed by atoms with Crippen molar-refractivity contribution in [3.8, 4) is 0 Å². The Morgan fingerprint density at radius 3 is 2.69 bits per heavy atom. The first-order valence-electron chi connectivity index (χ1n) is 13.8. The fourth-order valence-electron chi connectivity index (χ4n) is 5.48. The topological polar surface area (TPSA) is 85.5 Å². The summed E-state index contributed by atoms with van der Waals surface area (Å²) < 4.78 is 14.2. The summed E-state index contributed by atoms with van der Waals surface area (Å²) in [6, 6.07) is 18.2. The average Bonchev–Trinajstić information content (AvgIpc) is 2.94. The summed E-state index contributed by atoms with van der Waals surface area (Å²) in [4.78, 5) is 17.8. The number of halogens is 1. The Morgan fingerprint density at radius 2 is 1.97 bits per heavy atom. The van der Waals surface area contributed by atoms with Crippen LogP contribution >= 0.6 is 0 Å². The number of carbonyl (C=O) groups is 1. The lowest BCUT2D eigenvalue weighted by molar-refractivity contribution is -0.124. The molecule has 0 aromatic heterocycles. The zero-order valence-corrected chi connectivity index (χ0v) is 22.8. The molecule has 2 aromatic rings. The van der Waals surface area contributed by atoms with Crippen molar-refractivity contribution >= 4 is 17.8 Å². The van der Waals surface area contributed by atoms with Crippen LogP contribution in [-0.2, 0) is 16.9 Å². The van der Waals surface area contributed by atoms with Crippen molar-refractivity contribution < 1.29 is 9.18 Å². The number of anilines is 1. The van der Waals surface area contributed by atoms with Gasteiger partial charge in [0, 0.05) is 63.7 Å². The van der Waals surface area contributed by atoms with E-state index in [9.17, 15) is 9.18 Å². The predicted molar refractivity (Wildman–Crippen MR) is 157 cm³/mol. The van der Waals surface area contributed by atoms with Crippen LogP contribution in [0.3, 0.4) is 0 Å². The number of likely N-dealkylation sites (tertiary alicyclic amines) is 1. The lowest BCUT2D eigenvalue weighted by atomic mass is 9.80.